The highest BCUT2D eigenvalue weighted by molar-refractivity contribution is 7.09. The lowest BCUT2D eigenvalue weighted by Gasteiger charge is -2.29. The topological polar surface area (TPSA) is 88.6 Å². The number of carbonyl (C=O) groups excluding carboxylic acids is 3. The van der Waals surface area contributed by atoms with Crippen LogP contribution < -0.4 is 10.1 Å². The molecule has 8 heteroatoms. The van der Waals surface area contributed by atoms with Crippen molar-refractivity contribution in [3.63, 3.8) is 0 Å². The summed E-state index contributed by atoms with van der Waals surface area (Å²) in [6.07, 6.45) is 3.66. The molecule has 2 aliphatic rings. The van der Waals surface area contributed by atoms with Gasteiger partial charge in [0, 0.05) is 30.0 Å². The number of benzene rings is 1. The summed E-state index contributed by atoms with van der Waals surface area (Å²) < 4.78 is 5.24. The SMILES string of the molecule is COc1ccc([C@@]2(CC(=O)NCc3nc(C)cs3)CC(=O)N(C3CCCC3)C2=O)cc1. The van der Waals surface area contributed by atoms with Gasteiger partial charge in [-0.25, -0.2) is 4.98 Å². The molecular weight excluding hydrogens is 414 g/mol. The molecule has 2 aromatic rings. The van der Waals surface area contributed by atoms with Gasteiger partial charge >= 0.3 is 0 Å². The summed E-state index contributed by atoms with van der Waals surface area (Å²) in [5.74, 6) is -0.0455. The predicted octanol–water partition coefficient (Wildman–Crippen LogP) is 3.11. The number of likely N-dealkylation sites (tertiary alicyclic amines) is 1. The van der Waals surface area contributed by atoms with Crippen LogP contribution in [0.3, 0.4) is 0 Å². The van der Waals surface area contributed by atoms with E-state index in [-0.39, 0.29) is 36.6 Å². The van der Waals surface area contributed by atoms with Crippen LogP contribution in [0.15, 0.2) is 29.6 Å². The molecule has 1 saturated heterocycles. The van der Waals surface area contributed by atoms with Gasteiger partial charge in [0.2, 0.25) is 17.7 Å². The number of carbonyl (C=O) groups is 3. The highest BCUT2D eigenvalue weighted by Gasteiger charge is 2.55. The molecular formula is C23H27N3O4S. The summed E-state index contributed by atoms with van der Waals surface area (Å²) in [6, 6.07) is 7.06. The lowest BCUT2D eigenvalue weighted by molar-refractivity contribution is -0.143. The van der Waals surface area contributed by atoms with Crippen LogP contribution >= 0.6 is 11.3 Å². The van der Waals surface area contributed by atoms with Crippen molar-refractivity contribution in [2.75, 3.05) is 7.11 Å². The highest BCUT2D eigenvalue weighted by Crippen LogP contribution is 2.43. The maximum atomic E-state index is 13.7. The molecule has 0 unspecified atom stereocenters. The molecule has 1 atom stereocenters. The van der Waals surface area contributed by atoms with Gasteiger partial charge in [-0.1, -0.05) is 25.0 Å². The molecule has 1 aromatic heterocycles. The van der Waals surface area contributed by atoms with Crippen LogP contribution in [0.5, 0.6) is 5.75 Å². The maximum Gasteiger partial charge on any atom is 0.241 e. The average molecular weight is 442 g/mol. The van der Waals surface area contributed by atoms with E-state index in [1.165, 1.54) is 16.2 Å². The molecule has 0 spiro atoms. The number of aryl methyl sites for hydroxylation is 1. The van der Waals surface area contributed by atoms with Crippen LogP contribution in [0.25, 0.3) is 0 Å². The second kappa shape index (κ2) is 8.78. The minimum absolute atomic E-state index is 0.0123. The first-order chi connectivity index (χ1) is 14.9. The fraction of sp³-hybridized carbons (Fsp3) is 0.478. The molecule has 1 saturated carbocycles. The number of nitrogens with one attached hydrogen (secondary N) is 1. The largest absolute Gasteiger partial charge is 0.497 e. The number of hydrogen-bond donors (Lipinski definition) is 1. The Hall–Kier alpha value is -2.74. The van der Waals surface area contributed by atoms with Crippen molar-refractivity contribution in [1.29, 1.82) is 0 Å². The molecule has 3 amide bonds. The molecule has 1 aliphatic carbocycles. The monoisotopic (exact) mass is 441 g/mol. The Balaban J connectivity index is 1.60. The fourth-order valence-electron chi connectivity index (χ4n) is 4.67. The molecule has 1 N–H and O–H groups in total. The van der Waals surface area contributed by atoms with Crippen molar-refractivity contribution in [3.05, 3.63) is 45.9 Å². The number of amides is 3. The standard InChI is InChI=1S/C23H27N3O4S/c1-15-14-31-20(25-15)13-24-19(27)11-23(16-7-9-18(30-2)10-8-16)12-21(28)26(22(23)29)17-5-3-4-6-17/h7-10,14,17H,3-6,11-13H2,1-2H3,(H,24,27)/t23-/m1/s1. The van der Waals surface area contributed by atoms with E-state index in [9.17, 15) is 14.4 Å². The molecule has 0 radical (unpaired) electrons. The van der Waals surface area contributed by atoms with Gasteiger partial charge in [-0.15, -0.1) is 11.3 Å². The number of hydrogen-bond acceptors (Lipinski definition) is 6. The van der Waals surface area contributed by atoms with E-state index < -0.39 is 5.41 Å². The zero-order chi connectivity index (χ0) is 22.0. The molecule has 0 bridgehead atoms. The first kappa shape index (κ1) is 21.5. The van der Waals surface area contributed by atoms with E-state index >= 15 is 0 Å². The summed E-state index contributed by atoms with van der Waals surface area (Å²) in [6.45, 7) is 2.21. The Morgan fingerprint density at radius 3 is 2.58 bits per heavy atom. The number of ether oxygens (including phenoxy) is 1. The predicted molar refractivity (Wildman–Crippen MR) is 117 cm³/mol. The van der Waals surface area contributed by atoms with Crippen molar-refractivity contribution in [3.8, 4) is 5.75 Å². The fourth-order valence-corrected chi connectivity index (χ4v) is 5.38. The van der Waals surface area contributed by atoms with Gasteiger partial charge in [-0.3, -0.25) is 19.3 Å². The third kappa shape index (κ3) is 4.21. The second-order valence-electron chi connectivity index (χ2n) is 8.33. The first-order valence-electron chi connectivity index (χ1n) is 10.6. The molecule has 2 fully saturated rings. The summed E-state index contributed by atoms with van der Waals surface area (Å²) in [7, 11) is 1.57. The molecule has 7 nitrogen and oxygen atoms in total. The van der Waals surface area contributed by atoms with Crippen molar-refractivity contribution < 1.29 is 19.1 Å². The van der Waals surface area contributed by atoms with Crippen LogP contribution in [0.2, 0.25) is 0 Å². The zero-order valence-corrected chi connectivity index (χ0v) is 18.7. The van der Waals surface area contributed by atoms with E-state index in [0.717, 1.165) is 36.4 Å². The number of rotatable bonds is 7. The maximum absolute atomic E-state index is 13.7. The minimum Gasteiger partial charge on any atom is -0.497 e. The number of imide groups is 1. The van der Waals surface area contributed by atoms with Crippen LogP contribution in [0, 0.1) is 6.92 Å². The number of aromatic nitrogens is 1. The molecule has 1 aliphatic heterocycles. The van der Waals surface area contributed by atoms with Crippen molar-refractivity contribution >= 4 is 29.1 Å². The van der Waals surface area contributed by atoms with Crippen LogP contribution in [-0.4, -0.2) is 40.8 Å². The summed E-state index contributed by atoms with van der Waals surface area (Å²) in [4.78, 5) is 45.4. The number of thiazole rings is 1. The number of methoxy groups -OCH3 is 1. The highest BCUT2D eigenvalue weighted by atomic mass is 32.1. The molecule has 2 heterocycles. The number of nitrogens with zero attached hydrogens (tertiary/aromatic N) is 2. The van der Waals surface area contributed by atoms with E-state index in [1.807, 2.05) is 12.3 Å². The Labute approximate surface area is 185 Å². The summed E-state index contributed by atoms with van der Waals surface area (Å²) in [5, 5.41) is 5.62. The van der Waals surface area contributed by atoms with Gasteiger partial charge in [0.05, 0.1) is 19.1 Å². The smallest absolute Gasteiger partial charge is 0.241 e. The van der Waals surface area contributed by atoms with Gasteiger partial charge in [-0.05, 0) is 37.5 Å². The second-order valence-corrected chi connectivity index (χ2v) is 9.27. The molecule has 31 heavy (non-hydrogen) atoms. The van der Waals surface area contributed by atoms with E-state index in [0.29, 0.717) is 17.9 Å². The molecule has 1 aromatic carbocycles. The summed E-state index contributed by atoms with van der Waals surface area (Å²) in [5.41, 5.74) is 0.398. The van der Waals surface area contributed by atoms with E-state index in [1.54, 1.807) is 31.4 Å². The normalized spacial score (nSPS) is 21.7. The Kier molecular flexibility index (Phi) is 6.09. The Morgan fingerprint density at radius 1 is 1.26 bits per heavy atom. The van der Waals surface area contributed by atoms with Crippen LogP contribution in [-0.2, 0) is 26.3 Å². The van der Waals surface area contributed by atoms with Gasteiger partial charge in [0.1, 0.15) is 10.8 Å². The van der Waals surface area contributed by atoms with Gasteiger partial charge in [-0.2, -0.15) is 0 Å². The Morgan fingerprint density at radius 2 is 1.97 bits per heavy atom. The quantitative estimate of drug-likeness (QED) is 0.667. The Bertz CT molecular complexity index is 981. The van der Waals surface area contributed by atoms with Crippen LogP contribution in [0.1, 0.15) is 54.8 Å². The first-order valence-corrected chi connectivity index (χ1v) is 11.5. The zero-order valence-electron chi connectivity index (χ0n) is 17.8. The lowest BCUT2D eigenvalue weighted by Crippen LogP contribution is -2.45. The van der Waals surface area contributed by atoms with Gasteiger partial charge in [0.15, 0.2) is 0 Å². The van der Waals surface area contributed by atoms with Gasteiger partial charge < -0.3 is 10.1 Å². The lowest BCUT2D eigenvalue weighted by atomic mass is 9.75. The van der Waals surface area contributed by atoms with Crippen LogP contribution in [0.4, 0.5) is 0 Å². The van der Waals surface area contributed by atoms with Crippen molar-refractivity contribution in [2.45, 2.75) is 63.5 Å². The third-order valence-electron chi connectivity index (χ3n) is 6.25. The van der Waals surface area contributed by atoms with Crippen molar-refractivity contribution in [1.82, 2.24) is 15.2 Å². The summed E-state index contributed by atoms with van der Waals surface area (Å²) >= 11 is 1.48. The van der Waals surface area contributed by atoms with E-state index in [4.69, 9.17) is 4.74 Å². The third-order valence-corrected chi connectivity index (χ3v) is 7.21. The van der Waals surface area contributed by atoms with Crippen molar-refractivity contribution in [2.24, 2.45) is 0 Å². The van der Waals surface area contributed by atoms with E-state index in [2.05, 4.69) is 10.3 Å². The minimum atomic E-state index is -1.19. The average Bonchev–Trinajstić information content (AvgIpc) is 3.48. The molecule has 164 valence electrons. The van der Waals surface area contributed by atoms with Gasteiger partial charge in [0.25, 0.3) is 0 Å². The molecule has 4 rings (SSSR count).